The number of aliphatic imine (C=N–C) groups is 1. The van der Waals surface area contributed by atoms with Crippen molar-refractivity contribution in [3.8, 4) is 17.2 Å². The minimum Gasteiger partial charge on any atom is -0.454 e. The lowest BCUT2D eigenvalue weighted by molar-refractivity contribution is -0.142. The predicted molar refractivity (Wildman–Crippen MR) is 111 cm³/mol. The van der Waals surface area contributed by atoms with Crippen LogP contribution in [0.25, 0.3) is 0 Å². The van der Waals surface area contributed by atoms with E-state index >= 15 is 0 Å². The molecule has 0 aromatic heterocycles. The number of rotatable bonds is 9. The number of fused-ring (bicyclic) bond motifs is 1. The molecule has 1 aliphatic heterocycles. The molecule has 1 aliphatic rings. The molecule has 0 unspecified atom stereocenters. The SMILES string of the molecule is CCNC(=NCc1cc2c(cc1OC(F)F)OCO2)NCCN(C)CC(F)(F)F.I. The van der Waals surface area contributed by atoms with Gasteiger partial charge in [-0.1, -0.05) is 0 Å². The van der Waals surface area contributed by atoms with Crippen molar-refractivity contribution in [2.45, 2.75) is 26.3 Å². The average Bonchev–Trinajstić information content (AvgIpc) is 3.04. The minimum atomic E-state index is -4.27. The second-order valence-electron chi connectivity index (χ2n) is 6.17. The molecule has 0 radical (unpaired) electrons. The number of hydrogen-bond acceptors (Lipinski definition) is 5. The molecule has 0 atom stereocenters. The van der Waals surface area contributed by atoms with E-state index in [1.54, 1.807) is 0 Å². The zero-order chi connectivity index (χ0) is 21.4. The number of benzene rings is 1. The molecule has 1 aromatic carbocycles. The molecule has 2 rings (SSSR count). The summed E-state index contributed by atoms with van der Waals surface area (Å²) in [5.74, 6) is 0.928. The highest BCUT2D eigenvalue weighted by Gasteiger charge is 2.28. The van der Waals surface area contributed by atoms with Crippen LogP contribution in [-0.2, 0) is 6.54 Å². The van der Waals surface area contributed by atoms with Crippen molar-refractivity contribution in [3.63, 3.8) is 0 Å². The fourth-order valence-electron chi connectivity index (χ4n) is 2.55. The molecule has 172 valence electrons. The molecule has 30 heavy (non-hydrogen) atoms. The van der Waals surface area contributed by atoms with Gasteiger partial charge < -0.3 is 24.8 Å². The number of likely N-dealkylation sites (N-methyl/N-ethyl adjacent to an activating group) is 1. The van der Waals surface area contributed by atoms with E-state index in [4.69, 9.17) is 9.47 Å². The standard InChI is InChI=1S/C17H23F5N4O3.HI/c1-3-23-16(24-4-5-26(2)9-17(20,21)22)25-8-11-6-13-14(28-10-27-13)7-12(11)29-15(18)19;/h6-7,15H,3-5,8-10H2,1-2H3,(H2,23,24,25);1H. The van der Waals surface area contributed by atoms with Crippen molar-refractivity contribution >= 4 is 29.9 Å². The molecule has 13 heteroatoms. The second kappa shape index (κ2) is 12.2. The molecule has 1 heterocycles. The highest BCUT2D eigenvalue weighted by Crippen LogP contribution is 2.39. The van der Waals surface area contributed by atoms with Crippen molar-refractivity contribution in [2.24, 2.45) is 4.99 Å². The van der Waals surface area contributed by atoms with Gasteiger partial charge in [0, 0.05) is 31.3 Å². The van der Waals surface area contributed by atoms with E-state index in [1.807, 2.05) is 6.92 Å². The monoisotopic (exact) mass is 554 g/mol. The fraction of sp³-hybridized carbons (Fsp3) is 0.588. The Morgan fingerprint density at radius 3 is 2.50 bits per heavy atom. The van der Waals surface area contributed by atoms with Crippen molar-refractivity contribution in [3.05, 3.63) is 17.7 Å². The van der Waals surface area contributed by atoms with E-state index in [0.717, 1.165) is 4.90 Å². The molecule has 7 nitrogen and oxygen atoms in total. The lowest BCUT2D eigenvalue weighted by Crippen LogP contribution is -2.42. The predicted octanol–water partition coefficient (Wildman–Crippen LogP) is 3.18. The summed E-state index contributed by atoms with van der Waals surface area (Å²) >= 11 is 0. The van der Waals surface area contributed by atoms with Crippen molar-refractivity contribution < 1.29 is 36.2 Å². The second-order valence-corrected chi connectivity index (χ2v) is 6.17. The van der Waals surface area contributed by atoms with Crippen LogP contribution in [0, 0.1) is 0 Å². The molecule has 0 bridgehead atoms. The largest absolute Gasteiger partial charge is 0.454 e. The Balaban J connectivity index is 0.00000450. The number of hydrogen-bond donors (Lipinski definition) is 2. The average molecular weight is 554 g/mol. The van der Waals surface area contributed by atoms with Gasteiger partial charge >= 0.3 is 12.8 Å². The summed E-state index contributed by atoms with van der Waals surface area (Å²) in [5.41, 5.74) is 0.348. The van der Waals surface area contributed by atoms with E-state index in [-0.39, 0.29) is 56.2 Å². The van der Waals surface area contributed by atoms with Gasteiger partial charge in [0.05, 0.1) is 13.1 Å². The first kappa shape index (κ1) is 26.3. The molecule has 0 spiro atoms. The molecule has 2 N–H and O–H groups in total. The van der Waals surface area contributed by atoms with Gasteiger partial charge in [0.15, 0.2) is 17.5 Å². The van der Waals surface area contributed by atoms with Gasteiger partial charge in [-0.05, 0) is 20.0 Å². The molecule has 0 aliphatic carbocycles. The number of ether oxygens (including phenoxy) is 3. The lowest BCUT2D eigenvalue weighted by Gasteiger charge is -2.19. The minimum absolute atomic E-state index is 0. The van der Waals surface area contributed by atoms with Crippen LogP contribution in [0.15, 0.2) is 17.1 Å². The Bertz CT molecular complexity index is 707. The summed E-state index contributed by atoms with van der Waals surface area (Å²) in [5, 5.41) is 5.85. The van der Waals surface area contributed by atoms with Crippen LogP contribution in [0.4, 0.5) is 22.0 Å². The van der Waals surface area contributed by atoms with Gasteiger partial charge in [0.25, 0.3) is 0 Å². The van der Waals surface area contributed by atoms with Crippen LogP contribution in [0.2, 0.25) is 0 Å². The van der Waals surface area contributed by atoms with Crippen LogP contribution >= 0.6 is 24.0 Å². The molecule has 0 fully saturated rings. The normalized spacial score (nSPS) is 13.4. The smallest absolute Gasteiger partial charge is 0.401 e. The third kappa shape index (κ3) is 8.93. The lowest BCUT2D eigenvalue weighted by atomic mass is 10.1. The fourth-order valence-corrected chi connectivity index (χ4v) is 2.55. The summed E-state index contributed by atoms with van der Waals surface area (Å²) in [4.78, 5) is 5.41. The molecule has 0 amide bonds. The highest BCUT2D eigenvalue weighted by molar-refractivity contribution is 14.0. The van der Waals surface area contributed by atoms with E-state index in [2.05, 4.69) is 20.4 Å². The maximum atomic E-state index is 12.7. The van der Waals surface area contributed by atoms with Crippen LogP contribution in [0.1, 0.15) is 12.5 Å². The van der Waals surface area contributed by atoms with Crippen LogP contribution in [0.5, 0.6) is 17.2 Å². The Kier molecular flexibility index (Phi) is 10.7. The first-order chi connectivity index (χ1) is 13.7. The first-order valence-electron chi connectivity index (χ1n) is 8.82. The number of halogens is 6. The quantitative estimate of drug-likeness (QED) is 0.212. The summed E-state index contributed by atoms with van der Waals surface area (Å²) in [7, 11) is 1.36. The van der Waals surface area contributed by atoms with Gasteiger partial charge in [-0.2, -0.15) is 22.0 Å². The van der Waals surface area contributed by atoms with Crippen molar-refractivity contribution in [2.75, 3.05) is 40.0 Å². The molecule has 1 aromatic rings. The summed E-state index contributed by atoms with van der Waals surface area (Å²) in [6, 6.07) is 2.82. The Morgan fingerprint density at radius 1 is 1.23 bits per heavy atom. The van der Waals surface area contributed by atoms with Crippen LogP contribution in [-0.4, -0.2) is 63.7 Å². The van der Waals surface area contributed by atoms with Gasteiger partial charge in [-0.15, -0.1) is 24.0 Å². The zero-order valence-corrected chi connectivity index (χ0v) is 18.7. The number of alkyl halides is 5. The van der Waals surface area contributed by atoms with Crippen molar-refractivity contribution in [1.82, 2.24) is 15.5 Å². The third-order valence-electron chi connectivity index (χ3n) is 3.76. The van der Waals surface area contributed by atoms with Gasteiger partial charge in [0.1, 0.15) is 5.75 Å². The van der Waals surface area contributed by atoms with Crippen molar-refractivity contribution in [1.29, 1.82) is 0 Å². The Labute approximate surface area is 188 Å². The number of nitrogens with zero attached hydrogens (tertiary/aromatic N) is 2. The van der Waals surface area contributed by atoms with Gasteiger partial charge in [0.2, 0.25) is 6.79 Å². The zero-order valence-electron chi connectivity index (χ0n) is 16.4. The molecule has 0 saturated carbocycles. The number of guanidine groups is 1. The van der Waals surface area contributed by atoms with Crippen LogP contribution < -0.4 is 24.8 Å². The highest BCUT2D eigenvalue weighted by atomic mass is 127. The first-order valence-corrected chi connectivity index (χ1v) is 8.82. The molecular weight excluding hydrogens is 530 g/mol. The van der Waals surface area contributed by atoms with E-state index in [0.29, 0.717) is 29.6 Å². The van der Waals surface area contributed by atoms with E-state index < -0.39 is 19.3 Å². The van der Waals surface area contributed by atoms with Crippen LogP contribution in [0.3, 0.4) is 0 Å². The molecule has 0 saturated heterocycles. The number of nitrogens with one attached hydrogen (secondary N) is 2. The summed E-state index contributed by atoms with van der Waals surface area (Å²) in [6.45, 7) is -1.42. The topological polar surface area (TPSA) is 67.4 Å². The van der Waals surface area contributed by atoms with Gasteiger partial charge in [-0.25, -0.2) is 4.99 Å². The van der Waals surface area contributed by atoms with E-state index in [9.17, 15) is 22.0 Å². The summed E-state index contributed by atoms with van der Waals surface area (Å²) < 4.78 is 77.4. The van der Waals surface area contributed by atoms with Gasteiger partial charge in [-0.3, -0.25) is 4.90 Å². The third-order valence-corrected chi connectivity index (χ3v) is 3.76. The Hall–Kier alpha value is -1.77. The summed E-state index contributed by atoms with van der Waals surface area (Å²) in [6.07, 6.45) is -4.27. The Morgan fingerprint density at radius 2 is 1.90 bits per heavy atom. The van der Waals surface area contributed by atoms with E-state index in [1.165, 1.54) is 19.2 Å². The molecular formula is C17H24F5IN4O3. The maximum absolute atomic E-state index is 12.7. The maximum Gasteiger partial charge on any atom is 0.401 e.